The van der Waals surface area contributed by atoms with Crippen LogP contribution < -0.4 is 5.73 Å². The highest BCUT2D eigenvalue weighted by molar-refractivity contribution is 6.05. The van der Waals surface area contributed by atoms with Crippen LogP contribution in [-0.4, -0.2) is 5.78 Å². The van der Waals surface area contributed by atoms with Crippen molar-refractivity contribution in [3.63, 3.8) is 0 Å². The van der Waals surface area contributed by atoms with Gasteiger partial charge in [0.15, 0.2) is 5.78 Å². The zero-order valence-corrected chi connectivity index (χ0v) is 5.06. The zero-order chi connectivity index (χ0) is 6.31. The second kappa shape index (κ2) is 1.34. The molecule has 0 saturated heterocycles. The van der Waals surface area contributed by atoms with Crippen molar-refractivity contribution in [3.05, 3.63) is 11.3 Å². The maximum Gasteiger partial charge on any atom is 0.185 e. The highest BCUT2D eigenvalue weighted by Gasteiger charge is 2.29. The number of hydrogen-bond donors (Lipinski definition) is 1. The Morgan fingerprint density at radius 2 is 2.12 bits per heavy atom. The van der Waals surface area contributed by atoms with Crippen molar-refractivity contribution in [2.24, 2.45) is 11.7 Å². The average Bonchev–Trinajstić information content (AvgIpc) is 1.83. The van der Waals surface area contributed by atoms with Gasteiger partial charge in [0.1, 0.15) is 0 Å². The number of hydrogen-bond acceptors (Lipinski definition) is 2. The van der Waals surface area contributed by atoms with E-state index in [9.17, 15) is 4.79 Å². The Labute approximate surface area is 48.4 Å². The molecule has 0 bridgehead atoms. The minimum Gasteiger partial charge on any atom is -0.396 e. The molecule has 2 nitrogen and oxygen atoms in total. The quantitative estimate of drug-likeness (QED) is 0.492. The number of carbonyl (C=O) groups is 1. The van der Waals surface area contributed by atoms with Crippen molar-refractivity contribution in [1.29, 1.82) is 0 Å². The normalized spacial score (nSPS) is 28.2. The number of carbonyl (C=O) groups excluding carboxylic acids is 1. The molecule has 0 heterocycles. The summed E-state index contributed by atoms with van der Waals surface area (Å²) in [7, 11) is 0. The molecule has 0 aromatic carbocycles. The standard InChI is InChI=1S/C6H9NO/c1-3-4(2)6(8)5(3)7/h4H,7H2,1-2H3. The summed E-state index contributed by atoms with van der Waals surface area (Å²) >= 11 is 0. The van der Waals surface area contributed by atoms with Gasteiger partial charge in [0, 0.05) is 5.92 Å². The van der Waals surface area contributed by atoms with Crippen LogP contribution >= 0.6 is 0 Å². The Bertz CT molecular complexity index is 169. The number of rotatable bonds is 0. The Morgan fingerprint density at radius 3 is 2.25 bits per heavy atom. The smallest absolute Gasteiger partial charge is 0.185 e. The number of ketones is 1. The van der Waals surface area contributed by atoms with Gasteiger partial charge in [0.25, 0.3) is 0 Å². The lowest BCUT2D eigenvalue weighted by atomic mass is 9.83. The van der Waals surface area contributed by atoms with E-state index >= 15 is 0 Å². The first-order chi connectivity index (χ1) is 3.64. The Morgan fingerprint density at radius 1 is 1.62 bits per heavy atom. The minimum absolute atomic E-state index is 0.0926. The summed E-state index contributed by atoms with van der Waals surface area (Å²) in [5.74, 6) is 0.192. The summed E-state index contributed by atoms with van der Waals surface area (Å²) in [4.78, 5) is 10.6. The third-order valence-electron chi connectivity index (χ3n) is 1.73. The van der Waals surface area contributed by atoms with E-state index < -0.39 is 0 Å². The average molecular weight is 111 g/mol. The summed E-state index contributed by atoms with van der Waals surface area (Å²) in [6.07, 6.45) is 0. The van der Waals surface area contributed by atoms with Crippen LogP contribution in [0.5, 0.6) is 0 Å². The van der Waals surface area contributed by atoms with E-state index in [1.54, 1.807) is 0 Å². The van der Waals surface area contributed by atoms with Gasteiger partial charge in [-0.05, 0) is 12.5 Å². The van der Waals surface area contributed by atoms with Crippen LogP contribution in [0.25, 0.3) is 0 Å². The second-order valence-electron chi connectivity index (χ2n) is 2.18. The molecule has 0 aromatic heterocycles. The van der Waals surface area contributed by atoms with Crippen molar-refractivity contribution in [1.82, 2.24) is 0 Å². The van der Waals surface area contributed by atoms with Gasteiger partial charge in [0.05, 0.1) is 5.70 Å². The van der Waals surface area contributed by atoms with Gasteiger partial charge in [0.2, 0.25) is 0 Å². The molecular weight excluding hydrogens is 102 g/mol. The Hall–Kier alpha value is -0.790. The van der Waals surface area contributed by atoms with Crippen LogP contribution in [0.2, 0.25) is 0 Å². The maximum absolute atomic E-state index is 10.6. The molecule has 0 aliphatic heterocycles. The largest absolute Gasteiger partial charge is 0.396 e. The fourth-order valence-corrected chi connectivity index (χ4v) is 0.780. The molecule has 8 heavy (non-hydrogen) atoms. The monoisotopic (exact) mass is 111 g/mol. The topological polar surface area (TPSA) is 43.1 Å². The molecule has 0 fully saturated rings. The summed E-state index contributed by atoms with van der Waals surface area (Å²) < 4.78 is 0. The molecule has 0 radical (unpaired) electrons. The van der Waals surface area contributed by atoms with Crippen molar-refractivity contribution in [2.75, 3.05) is 0 Å². The second-order valence-corrected chi connectivity index (χ2v) is 2.18. The number of nitrogens with two attached hydrogens (primary N) is 1. The molecule has 1 atom stereocenters. The zero-order valence-electron chi connectivity index (χ0n) is 5.06. The van der Waals surface area contributed by atoms with Crippen LogP contribution in [0, 0.1) is 5.92 Å². The molecular formula is C6H9NO. The van der Waals surface area contributed by atoms with Crippen LogP contribution in [0.3, 0.4) is 0 Å². The van der Waals surface area contributed by atoms with Crippen molar-refractivity contribution in [2.45, 2.75) is 13.8 Å². The van der Waals surface area contributed by atoms with Gasteiger partial charge in [-0.2, -0.15) is 0 Å². The van der Waals surface area contributed by atoms with Crippen molar-refractivity contribution < 1.29 is 4.79 Å². The molecule has 0 aromatic rings. The summed E-state index contributed by atoms with van der Waals surface area (Å²) in [6.45, 7) is 3.76. The third kappa shape index (κ3) is 0.399. The third-order valence-corrected chi connectivity index (χ3v) is 1.73. The molecule has 0 saturated carbocycles. The lowest BCUT2D eigenvalue weighted by molar-refractivity contribution is -0.119. The molecule has 0 amide bonds. The minimum atomic E-state index is 0.0926. The molecule has 1 rings (SSSR count). The highest BCUT2D eigenvalue weighted by Crippen LogP contribution is 2.25. The number of allylic oxidation sites excluding steroid dienone is 2. The first-order valence-corrected chi connectivity index (χ1v) is 2.65. The SMILES string of the molecule is CC1=C(N)C(=O)C1C. The van der Waals surface area contributed by atoms with Crippen molar-refractivity contribution in [3.8, 4) is 0 Å². The van der Waals surface area contributed by atoms with E-state index in [0.717, 1.165) is 5.57 Å². The first kappa shape index (κ1) is 5.35. The maximum atomic E-state index is 10.6. The molecule has 2 heteroatoms. The van der Waals surface area contributed by atoms with Crippen LogP contribution in [0.15, 0.2) is 11.3 Å². The molecule has 44 valence electrons. The van der Waals surface area contributed by atoms with E-state index in [0.29, 0.717) is 5.70 Å². The molecule has 2 N–H and O–H groups in total. The van der Waals surface area contributed by atoms with E-state index in [-0.39, 0.29) is 11.7 Å². The van der Waals surface area contributed by atoms with E-state index in [4.69, 9.17) is 5.73 Å². The fourth-order valence-electron chi connectivity index (χ4n) is 0.780. The molecule has 1 aliphatic rings. The van der Waals surface area contributed by atoms with Crippen molar-refractivity contribution >= 4 is 5.78 Å². The van der Waals surface area contributed by atoms with E-state index in [1.807, 2.05) is 13.8 Å². The Kier molecular flexibility index (Phi) is 0.897. The summed E-state index contributed by atoms with van der Waals surface area (Å²) in [5, 5.41) is 0. The summed E-state index contributed by atoms with van der Waals surface area (Å²) in [6, 6.07) is 0. The van der Waals surface area contributed by atoms with Gasteiger partial charge in [-0.3, -0.25) is 4.79 Å². The summed E-state index contributed by atoms with van der Waals surface area (Å²) in [5.41, 5.74) is 6.79. The highest BCUT2D eigenvalue weighted by atomic mass is 16.1. The predicted molar refractivity (Wildman–Crippen MR) is 31.1 cm³/mol. The van der Waals surface area contributed by atoms with Gasteiger partial charge < -0.3 is 5.73 Å². The van der Waals surface area contributed by atoms with Gasteiger partial charge in [-0.25, -0.2) is 0 Å². The molecule has 0 spiro atoms. The van der Waals surface area contributed by atoms with Gasteiger partial charge >= 0.3 is 0 Å². The van der Waals surface area contributed by atoms with Crippen LogP contribution in [0.4, 0.5) is 0 Å². The Balaban J connectivity index is 2.90. The lowest BCUT2D eigenvalue weighted by Crippen LogP contribution is -2.32. The molecule has 1 aliphatic carbocycles. The lowest BCUT2D eigenvalue weighted by Gasteiger charge is -2.22. The van der Waals surface area contributed by atoms with Crippen LogP contribution in [0.1, 0.15) is 13.8 Å². The van der Waals surface area contributed by atoms with Gasteiger partial charge in [-0.15, -0.1) is 0 Å². The fraction of sp³-hybridized carbons (Fsp3) is 0.500. The predicted octanol–water partition coefficient (Wildman–Crippen LogP) is 0.438. The number of Topliss-reactive ketones (excluding diaryl/α,β-unsaturated/α-hetero) is 1. The molecule has 1 unspecified atom stereocenters. The van der Waals surface area contributed by atoms with E-state index in [2.05, 4.69) is 0 Å². The van der Waals surface area contributed by atoms with Gasteiger partial charge in [-0.1, -0.05) is 6.92 Å². The van der Waals surface area contributed by atoms with E-state index in [1.165, 1.54) is 0 Å². The van der Waals surface area contributed by atoms with Crippen LogP contribution in [-0.2, 0) is 4.79 Å². The first-order valence-electron chi connectivity index (χ1n) is 2.65.